The highest BCUT2D eigenvalue weighted by atomic mass is 32.1. The summed E-state index contributed by atoms with van der Waals surface area (Å²) in [6.07, 6.45) is 0. The zero-order valence-corrected chi connectivity index (χ0v) is 15.3. The SMILES string of the molecule is O=C(NNC(=O)c1ccccc1-c1nc2ccccc2s1)c1ccccc1F. The van der Waals surface area contributed by atoms with E-state index in [1.54, 1.807) is 24.3 Å². The lowest BCUT2D eigenvalue weighted by atomic mass is 10.1. The molecule has 0 saturated carbocycles. The van der Waals surface area contributed by atoms with E-state index in [4.69, 9.17) is 0 Å². The highest BCUT2D eigenvalue weighted by Gasteiger charge is 2.17. The van der Waals surface area contributed by atoms with Gasteiger partial charge >= 0.3 is 0 Å². The van der Waals surface area contributed by atoms with Gasteiger partial charge < -0.3 is 0 Å². The van der Waals surface area contributed by atoms with Crippen molar-refractivity contribution in [1.29, 1.82) is 0 Å². The predicted octanol–water partition coefficient (Wildman–Crippen LogP) is 4.18. The fraction of sp³-hybridized carbons (Fsp3) is 0. The zero-order valence-electron chi connectivity index (χ0n) is 14.5. The van der Waals surface area contributed by atoms with Crippen molar-refractivity contribution in [2.75, 3.05) is 0 Å². The summed E-state index contributed by atoms with van der Waals surface area (Å²) in [6.45, 7) is 0. The Balaban J connectivity index is 1.57. The Bertz CT molecular complexity index is 1160. The van der Waals surface area contributed by atoms with Crippen LogP contribution < -0.4 is 10.9 Å². The van der Waals surface area contributed by atoms with Gasteiger partial charge in [-0.25, -0.2) is 9.37 Å². The molecule has 28 heavy (non-hydrogen) atoms. The van der Waals surface area contributed by atoms with Gasteiger partial charge in [0.1, 0.15) is 10.8 Å². The van der Waals surface area contributed by atoms with Gasteiger partial charge in [0.2, 0.25) is 0 Å². The van der Waals surface area contributed by atoms with Crippen molar-refractivity contribution in [3.05, 3.63) is 89.7 Å². The minimum absolute atomic E-state index is 0.151. The van der Waals surface area contributed by atoms with Gasteiger partial charge in [0, 0.05) is 5.56 Å². The normalized spacial score (nSPS) is 10.6. The molecule has 0 unspecified atom stereocenters. The first-order chi connectivity index (χ1) is 13.6. The molecule has 0 aliphatic carbocycles. The standard InChI is InChI=1S/C21H14FN3O2S/c22-16-10-4-3-9-15(16)20(27)25-24-19(26)13-7-1-2-8-14(13)21-23-17-11-5-6-12-18(17)28-21/h1-12H,(H,24,26)(H,25,27). The Hall–Kier alpha value is -3.58. The molecule has 3 aromatic carbocycles. The van der Waals surface area contributed by atoms with Crippen LogP contribution in [0.15, 0.2) is 72.8 Å². The number of hydrazine groups is 1. The molecule has 0 aliphatic heterocycles. The maximum atomic E-state index is 13.7. The summed E-state index contributed by atoms with van der Waals surface area (Å²) in [5.41, 5.74) is 6.30. The number of para-hydroxylation sites is 1. The van der Waals surface area contributed by atoms with E-state index in [2.05, 4.69) is 15.8 Å². The van der Waals surface area contributed by atoms with Crippen molar-refractivity contribution < 1.29 is 14.0 Å². The van der Waals surface area contributed by atoms with Crippen LogP contribution in [0.4, 0.5) is 4.39 Å². The van der Waals surface area contributed by atoms with Gasteiger partial charge in [-0.3, -0.25) is 20.4 Å². The summed E-state index contributed by atoms with van der Waals surface area (Å²) in [7, 11) is 0. The van der Waals surface area contributed by atoms with Crippen LogP contribution in [0, 0.1) is 5.82 Å². The molecule has 1 aromatic heterocycles. The second kappa shape index (κ2) is 7.58. The third kappa shape index (κ3) is 3.47. The summed E-state index contributed by atoms with van der Waals surface area (Å²) in [5, 5.41) is 0.701. The fourth-order valence-electron chi connectivity index (χ4n) is 2.75. The number of hydrogen-bond donors (Lipinski definition) is 2. The molecular formula is C21H14FN3O2S. The number of nitrogens with one attached hydrogen (secondary N) is 2. The van der Waals surface area contributed by atoms with E-state index in [9.17, 15) is 14.0 Å². The molecular weight excluding hydrogens is 377 g/mol. The van der Waals surface area contributed by atoms with Crippen molar-refractivity contribution in [1.82, 2.24) is 15.8 Å². The van der Waals surface area contributed by atoms with Crippen LogP contribution in [0.25, 0.3) is 20.8 Å². The number of carbonyl (C=O) groups is 2. The summed E-state index contributed by atoms with van der Waals surface area (Å²) in [4.78, 5) is 29.3. The minimum atomic E-state index is -0.732. The Morgan fingerprint density at radius 1 is 0.786 bits per heavy atom. The molecule has 0 atom stereocenters. The van der Waals surface area contributed by atoms with Crippen molar-refractivity contribution in [3.63, 3.8) is 0 Å². The van der Waals surface area contributed by atoms with Crippen molar-refractivity contribution >= 4 is 33.4 Å². The van der Waals surface area contributed by atoms with Crippen molar-refractivity contribution in [2.45, 2.75) is 0 Å². The molecule has 4 aromatic rings. The number of nitrogens with zero attached hydrogens (tertiary/aromatic N) is 1. The van der Waals surface area contributed by atoms with Gasteiger partial charge in [-0.1, -0.05) is 42.5 Å². The molecule has 0 aliphatic rings. The molecule has 7 heteroatoms. The molecule has 5 nitrogen and oxygen atoms in total. The number of amides is 2. The number of carbonyl (C=O) groups excluding carboxylic acids is 2. The molecule has 1 heterocycles. The fourth-order valence-corrected chi connectivity index (χ4v) is 3.75. The quantitative estimate of drug-likeness (QED) is 0.515. The van der Waals surface area contributed by atoms with Crippen LogP contribution in [0.1, 0.15) is 20.7 Å². The highest BCUT2D eigenvalue weighted by molar-refractivity contribution is 7.21. The van der Waals surface area contributed by atoms with Crippen LogP contribution in [0.3, 0.4) is 0 Å². The average Bonchev–Trinajstić information content (AvgIpc) is 3.16. The molecule has 0 radical (unpaired) electrons. The Labute approximate surface area is 163 Å². The molecule has 138 valence electrons. The van der Waals surface area contributed by atoms with Gasteiger partial charge in [0.15, 0.2) is 0 Å². The van der Waals surface area contributed by atoms with E-state index in [1.165, 1.54) is 29.5 Å². The third-order valence-electron chi connectivity index (χ3n) is 4.10. The zero-order chi connectivity index (χ0) is 19.5. The second-order valence-corrected chi connectivity index (χ2v) is 6.95. The summed E-state index contributed by atoms with van der Waals surface area (Å²) >= 11 is 1.48. The summed E-state index contributed by atoms with van der Waals surface area (Å²) in [5.74, 6) is -1.91. The highest BCUT2D eigenvalue weighted by Crippen LogP contribution is 2.31. The van der Waals surface area contributed by atoms with Crippen molar-refractivity contribution in [2.24, 2.45) is 0 Å². The lowest BCUT2D eigenvalue weighted by molar-refractivity contribution is 0.0844. The maximum absolute atomic E-state index is 13.7. The van der Waals surface area contributed by atoms with Gasteiger partial charge in [0.05, 0.1) is 21.3 Å². The van der Waals surface area contributed by atoms with Gasteiger partial charge in [-0.2, -0.15) is 0 Å². The van der Waals surface area contributed by atoms with E-state index in [1.807, 2.05) is 30.3 Å². The third-order valence-corrected chi connectivity index (χ3v) is 5.17. The van der Waals surface area contributed by atoms with Crippen LogP contribution in [-0.2, 0) is 0 Å². The number of hydrogen-bond acceptors (Lipinski definition) is 4. The van der Waals surface area contributed by atoms with E-state index < -0.39 is 17.6 Å². The van der Waals surface area contributed by atoms with Gasteiger partial charge in [-0.05, 0) is 30.3 Å². The van der Waals surface area contributed by atoms with Gasteiger partial charge in [0.25, 0.3) is 11.8 Å². The molecule has 4 rings (SSSR count). The number of benzene rings is 3. The van der Waals surface area contributed by atoms with Crippen LogP contribution in [0.5, 0.6) is 0 Å². The monoisotopic (exact) mass is 391 g/mol. The topological polar surface area (TPSA) is 71.1 Å². The second-order valence-electron chi connectivity index (χ2n) is 5.92. The lowest BCUT2D eigenvalue weighted by Gasteiger charge is -2.10. The number of aromatic nitrogens is 1. The summed E-state index contributed by atoms with van der Waals surface area (Å²) in [6, 6.07) is 20.2. The minimum Gasteiger partial charge on any atom is -0.267 e. The number of fused-ring (bicyclic) bond motifs is 1. The number of rotatable bonds is 3. The number of halogens is 1. The molecule has 0 bridgehead atoms. The Morgan fingerprint density at radius 2 is 1.39 bits per heavy atom. The Morgan fingerprint density at radius 3 is 2.14 bits per heavy atom. The van der Waals surface area contributed by atoms with E-state index in [-0.39, 0.29) is 5.56 Å². The molecule has 0 fully saturated rings. The number of thiazole rings is 1. The van der Waals surface area contributed by atoms with Crippen LogP contribution >= 0.6 is 11.3 Å². The molecule has 2 amide bonds. The molecule has 0 spiro atoms. The summed E-state index contributed by atoms with van der Waals surface area (Å²) < 4.78 is 14.7. The van der Waals surface area contributed by atoms with Crippen LogP contribution in [-0.4, -0.2) is 16.8 Å². The average molecular weight is 391 g/mol. The lowest BCUT2D eigenvalue weighted by Crippen LogP contribution is -2.42. The first-order valence-electron chi connectivity index (χ1n) is 8.43. The first kappa shape index (κ1) is 17.8. The molecule has 2 N–H and O–H groups in total. The van der Waals surface area contributed by atoms with E-state index in [0.29, 0.717) is 16.1 Å². The first-order valence-corrected chi connectivity index (χ1v) is 9.25. The molecule has 0 saturated heterocycles. The smallest absolute Gasteiger partial charge is 0.267 e. The van der Waals surface area contributed by atoms with E-state index >= 15 is 0 Å². The van der Waals surface area contributed by atoms with Crippen LogP contribution in [0.2, 0.25) is 0 Å². The predicted molar refractivity (Wildman–Crippen MR) is 106 cm³/mol. The van der Waals surface area contributed by atoms with E-state index in [0.717, 1.165) is 10.2 Å². The Kier molecular flexibility index (Phi) is 4.82. The maximum Gasteiger partial charge on any atom is 0.272 e. The van der Waals surface area contributed by atoms with Crippen molar-refractivity contribution in [3.8, 4) is 10.6 Å². The largest absolute Gasteiger partial charge is 0.272 e. The van der Waals surface area contributed by atoms with Gasteiger partial charge in [-0.15, -0.1) is 11.3 Å².